The lowest BCUT2D eigenvalue weighted by Gasteiger charge is -2.25. The van der Waals surface area contributed by atoms with Crippen LogP contribution in [0.15, 0.2) is 48.5 Å². The standard InChI is InChI=1S/C27H38N2O2/c1-5-7-9-21-11-15-23(16-12-21)25(30)28-19-27(3,4)20-29-26(31)24-17-13-22(14-18-24)10-8-6-2/h11-18H,5-10,19-20H2,1-4H3,(H,28,30)(H,29,31). The molecule has 4 heteroatoms. The van der Waals surface area contributed by atoms with Crippen LogP contribution in [0.3, 0.4) is 0 Å². The number of nitrogens with one attached hydrogen (secondary N) is 2. The summed E-state index contributed by atoms with van der Waals surface area (Å²) < 4.78 is 0. The van der Waals surface area contributed by atoms with Gasteiger partial charge in [-0.2, -0.15) is 0 Å². The van der Waals surface area contributed by atoms with Gasteiger partial charge in [0.1, 0.15) is 0 Å². The van der Waals surface area contributed by atoms with Crippen LogP contribution < -0.4 is 10.6 Å². The molecule has 0 saturated heterocycles. The van der Waals surface area contributed by atoms with Gasteiger partial charge in [-0.1, -0.05) is 64.8 Å². The average Bonchev–Trinajstić information content (AvgIpc) is 2.79. The number of hydrogen-bond donors (Lipinski definition) is 2. The molecule has 2 N–H and O–H groups in total. The lowest BCUT2D eigenvalue weighted by atomic mass is 9.93. The number of unbranched alkanes of at least 4 members (excludes halogenated alkanes) is 2. The average molecular weight is 423 g/mol. The topological polar surface area (TPSA) is 58.2 Å². The minimum atomic E-state index is -0.256. The molecule has 0 aliphatic carbocycles. The molecule has 0 aliphatic heterocycles. The van der Waals surface area contributed by atoms with Crippen molar-refractivity contribution in [3.63, 3.8) is 0 Å². The first-order chi connectivity index (χ1) is 14.8. The number of hydrogen-bond acceptors (Lipinski definition) is 2. The SMILES string of the molecule is CCCCc1ccc(C(=O)NCC(C)(C)CNC(=O)c2ccc(CCCC)cc2)cc1. The van der Waals surface area contributed by atoms with E-state index in [1.807, 2.05) is 62.4 Å². The van der Waals surface area contributed by atoms with Crippen molar-refractivity contribution in [1.29, 1.82) is 0 Å². The number of benzene rings is 2. The lowest BCUT2D eigenvalue weighted by Crippen LogP contribution is -2.42. The van der Waals surface area contributed by atoms with Gasteiger partial charge in [-0.05, 0) is 66.5 Å². The van der Waals surface area contributed by atoms with E-state index in [0.29, 0.717) is 24.2 Å². The van der Waals surface area contributed by atoms with Crippen LogP contribution in [0, 0.1) is 5.41 Å². The van der Waals surface area contributed by atoms with Gasteiger partial charge in [0.15, 0.2) is 0 Å². The molecule has 0 radical (unpaired) electrons. The zero-order valence-corrected chi connectivity index (χ0v) is 19.6. The Morgan fingerprint density at radius 2 is 1.03 bits per heavy atom. The molecular weight excluding hydrogens is 384 g/mol. The zero-order valence-electron chi connectivity index (χ0n) is 19.6. The predicted octanol–water partition coefficient (Wildman–Crippen LogP) is 5.56. The number of rotatable bonds is 12. The van der Waals surface area contributed by atoms with Crippen molar-refractivity contribution in [3.05, 3.63) is 70.8 Å². The highest BCUT2D eigenvalue weighted by molar-refractivity contribution is 5.94. The molecule has 2 rings (SSSR count). The summed E-state index contributed by atoms with van der Waals surface area (Å²) in [5, 5.41) is 6.00. The fraction of sp³-hybridized carbons (Fsp3) is 0.481. The molecular formula is C27H38N2O2. The fourth-order valence-corrected chi connectivity index (χ4v) is 3.31. The summed E-state index contributed by atoms with van der Waals surface area (Å²) in [6.45, 7) is 9.40. The van der Waals surface area contributed by atoms with Gasteiger partial charge in [-0.15, -0.1) is 0 Å². The summed E-state index contributed by atoms with van der Waals surface area (Å²) in [4.78, 5) is 25.0. The molecule has 4 nitrogen and oxygen atoms in total. The van der Waals surface area contributed by atoms with Crippen molar-refractivity contribution in [2.75, 3.05) is 13.1 Å². The molecule has 0 bridgehead atoms. The van der Waals surface area contributed by atoms with Crippen LogP contribution in [0.2, 0.25) is 0 Å². The Kier molecular flexibility index (Phi) is 9.77. The third-order valence-corrected chi connectivity index (χ3v) is 5.53. The number of carbonyl (C=O) groups excluding carboxylic acids is 2. The molecule has 0 heterocycles. The molecule has 0 spiro atoms. The molecule has 2 aromatic carbocycles. The molecule has 31 heavy (non-hydrogen) atoms. The molecule has 0 unspecified atom stereocenters. The van der Waals surface area contributed by atoms with Crippen molar-refractivity contribution in [1.82, 2.24) is 10.6 Å². The monoisotopic (exact) mass is 422 g/mol. The first kappa shape index (κ1) is 24.6. The molecule has 0 saturated carbocycles. The van der Waals surface area contributed by atoms with E-state index in [1.54, 1.807) is 0 Å². The van der Waals surface area contributed by atoms with Gasteiger partial charge in [0.2, 0.25) is 0 Å². The van der Waals surface area contributed by atoms with Gasteiger partial charge in [0.25, 0.3) is 11.8 Å². The number of carbonyl (C=O) groups is 2. The van der Waals surface area contributed by atoms with Gasteiger partial charge >= 0.3 is 0 Å². The highest BCUT2D eigenvalue weighted by Crippen LogP contribution is 2.14. The molecule has 2 aromatic rings. The van der Waals surface area contributed by atoms with Crippen LogP contribution in [0.4, 0.5) is 0 Å². The van der Waals surface area contributed by atoms with Gasteiger partial charge in [0.05, 0.1) is 0 Å². The molecule has 0 aromatic heterocycles. The molecule has 168 valence electrons. The minimum Gasteiger partial charge on any atom is -0.351 e. The summed E-state index contributed by atoms with van der Waals surface area (Å²) in [6.07, 6.45) is 6.75. The molecule has 2 amide bonds. The van der Waals surface area contributed by atoms with Gasteiger partial charge in [0, 0.05) is 24.2 Å². The summed E-state index contributed by atoms with van der Waals surface area (Å²) in [5.41, 5.74) is 3.61. The smallest absolute Gasteiger partial charge is 0.251 e. The number of aryl methyl sites for hydroxylation is 2. The second-order valence-electron chi connectivity index (χ2n) is 9.13. The van der Waals surface area contributed by atoms with Crippen molar-refractivity contribution < 1.29 is 9.59 Å². The van der Waals surface area contributed by atoms with E-state index in [-0.39, 0.29) is 17.2 Å². The first-order valence-electron chi connectivity index (χ1n) is 11.6. The second kappa shape index (κ2) is 12.3. The summed E-state index contributed by atoms with van der Waals surface area (Å²) in [5.74, 6) is -0.159. The van der Waals surface area contributed by atoms with E-state index in [1.165, 1.54) is 11.1 Å². The second-order valence-corrected chi connectivity index (χ2v) is 9.13. The maximum Gasteiger partial charge on any atom is 0.251 e. The van der Waals surface area contributed by atoms with Crippen molar-refractivity contribution in [2.24, 2.45) is 5.41 Å². The van der Waals surface area contributed by atoms with Gasteiger partial charge in [-0.3, -0.25) is 9.59 Å². The first-order valence-corrected chi connectivity index (χ1v) is 11.6. The molecule has 0 aliphatic rings. The Balaban J connectivity index is 1.80. The normalized spacial score (nSPS) is 11.2. The Bertz CT molecular complexity index is 754. The van der Waals surface area contributed by atoms with E-state index in [9.17, 15) is 9.59 Å². The minimum absolute atomic E-state index is 0.0795. The van der Waals surface area contributed by atoms with E-state index in [2.05, 4.69) is 24.5 Å². The highest BCUT2D eigenvalue weighted by atomic mass is 16.2. The zero-order chi connectivity index (χ0) is 22.7. The quantitative estimate of drug-likeness (QED) is 0.471. The van der Waals surface area contributed by atoms with Crippen molar-refractivity contribution in [3.8, 4) is 0 Å². The van der Waals surface area contributed by atoms with E-state index < -0.39 is 0 Å². The Morgan fingerprint density at radius 1 is 0.677 bits per heavy atom. The maximum absolute atomic E-state index is 12.5. The maximum atomic E-state index is 12.5. The Labute approximate surface area is 187 Å². The van der Waals surface area contributed by atoms with Crippen molar-refractivity contribution in [2.45, 2.75) is 66.2 Å². The van der Waals surface area contributed by atoms with Gasteiger partial charge in [-0.25, -0.2) is 0 Å². The fourth-order valence-electron chi connectivity index (χ4n) is 3.31. The highest BCUT2D eigenvalue weighted by Gasteiger charge is 2.21. The molecule has 0 atom stereocenters. The van der Waals surface area contributed by atoms with Crippen LogP contribution in [0.1, 0.15) is 85.2 Å². The largest absolute Gasteiger partial charge is 0.351 e. The predicted molar refractivity (Wildman–Crippen MR) is 129 cm³/mol. The lowest BCUT2D eigenvalue weighted by molar-refractivity contribution is 0.0920. The Hall–Kier alpha value is -2.62. The van der Waals surface area contributed by atoms with E-state index in [0.717, 1.165) is 38.5 Å². The summed E-state index contributed by atoms with van der Waals surface area (Å²) in [7, 11) is 0. The van der Waals surface area contributed by atoms with Crippen molar-refractivity contribution >= 4 is 11.8 Å². The number of amides is 2. The van der Waals surface area contributed by atoms with Gasteiger partial charge < -0.3 is 10.6 Å². The third-order valence-electron chi connectivity index (χ3n) is 5.53. The van der Waals surface area contributed by atoms with Crippen LogP contribution in [-0.2, 0) is 12.8 Å². The third kappa shape index (κ3) is 8.56. The van der Waals surface area contributed by atoms with Crippen LogP contribution >= 0.6 is 0 Å². The summed E-state index contributed by atoms with van der Waals surface area (Å²) >= 11 is 0. The Morgan fingerprint density at radius 3 is 1.35 bits per heavy atom. The van der Waals surface area contributed by atoms with E-state index in [4.69, 9.17) is 0 Å². The van der Waals surface area contributed by atoms with E-state index >= 15 is 0 Å². The van der Waals surface area contributed by atoms with Crippen LogP contribution in [-0.4, -0.2) is 24.9 Å². The van der Waals surface area contributed by atoms with Crippen LogP contribution in [0.5, 0.6) is 0 Å². The summed E-state index contributed by atoms with van der Waals surface area (Å²) in [6, 6.07) is 15.7. The molecule has 0 fully saturated rings. The van der Waals surface area contributed by atoms with Crippen LogP contribution in [0.25, 0.3) is 0 Å².